The van der Waals surface area contributed by atoms with Crippen LogP contribution in [0.25, 0.3) is 21.9 Å². The van der Waals surface area contributed by atoms with Crippen LogP contribution < -0.4 is 4.72 Å². The van der Waals surface area contributed by atoms with E-state index in [4.69, 9.17) is 14.6 Å². The first-order valence-electron chi connectivity index (χ1n) is 7.16. The molecule has 0 unspecified atom stereocenters. The molecule has 3 aromatic rings. The Morgan fingerprint density at radius 1 is 1.04 bits per heavy atom. The van der Waals surface area contributed by atoms with Crippen molar-refractivity contribution in [1.29, 1.82) is 0 Å². The van der Waals surface area contributed by atoms with Gasteiger partial charge >= 0.3 is 11.9 Å². The first-order valence-corrected chi connectivity index (χ1v) is 8.64. The van der Waals surface area contributed by atoms with Gasteiger partial charge in [-0.2, -0.15) is 4.72 Å². The molecular formula is C16H13NO7S. The minimum Gasteiger partial charge on any atom is -0.481 e. The number of hydrogen-bond acceptors (Lipinski definition) is 5. The van der Waals surface area contributed by atoms with E-state index in [1.54, 1.807) is 18.2 Å². The van der Waals surface area contributed by atoms with Crippen LogP contribution in [0.1, 0.15) is 6.42 Å². The van der Waals surface area contributed by atoms with Gasteiger partial charge < -0.3 is 14.6 Å². The summed E-state index contributed by atoms with van der Waals surface area (Å²) in [6.45, 7) is 0. The van der Waals surface area contributed by atoms with Gasteiger partial charge in [0.25, 0.3) is 0 Å². The zero-order valence-electron chi connectivity index (χ0n) is 12.7. The highest BCUT2D eigenvalue weighted by atomic mass is 32.2. The van der Waals surface area contributed by atoms with Gasteiger partial charge in [-0.3, -0.25) is 9.59 Å². The summed E-state index contributed by atoms with van der Waals surface area (Å²) in [5.74, 6) is -3.00. The Balaban J connectivity index is 2.00. The highest BCUT2D eigenvalue weighted by molar-refractivity contribution is 7.89. The Morgan fingerprint density at radius 3 is 2.40 bits per heavy atom. The molecule has 0 saturated carbocycles. The lowest BCUT2D eigenvalue weighted by atomic mass is 10.2. The Hall–Kier alpha value is -2.91. The van der Waals surface area contributed by atoms with Crippen molar-refractivity contribution in [2.45, 2.75) is 17.4 Å². The fraction of sp³-hybridized carbons (Fsp3) is 0.125. The number of rotatable bonds is 6. The number of fused-ring (bicyclic) bond motifs is 3. The summed E-state index contributed by atoms with van der Waals surface area (Å²) in [5, 5.41) is 19.2. The molecule has 0 aliphatic heterocycles. The molecule has 0 fully saturated rings. The number of para-hydroxylation sites is 1. The average molecular weight is 363 g/mol. The molecule has 0 amide bonds. The number of carboxylic acids is 2. The van der Waals surface area contributed by atoms with Gasteiger partial charge in [0.15, 0.2) is 0 Å². The molecule has 9 heteroatoms. The van der Waals surface area contributed by atoms with Crippen molar-refractivity contribution in [2.24, 2.45) is 0 Å². The van der Waals surface area contributed by atoms with Crippen LogP contribution in [0.5, 0.6) is 0 Å². The van der Waals surface area contributed by atoms with Crippen LogP contribution in [0, 0.1) is 0 Å². The van der Waals surface area contributed by atoms with Gasteiger partial charge in [0, 0.05) is 16.8 Å². The van der Waals surface area contributed by atoms with Crippen molar-refractivity contribution in [3.05, 3.63) is 42.5 Å². The van der Waals surface area contributed by atoms with Gasteiger partial charge in [-0.1, -0.05) is 18.2 Å². The fourth-order valence-corrected chi connectivity index (χ4v) is 3.69. The summed E-state index contributed by atoms with van der Waals surface area (Å²) in [5.41, 5.74) is 0.920. The highest BCUT2D eigenvalue weighted by Crippen LogP contribution is 2.30. The monoisotopic (exact) mass is 363 g/mol. The molecule has 3 rings (SSSR count). The maximum atomic E-state index is 12.4. The normalized spacial score (nSPS) is 13.1. The van der Waals surface area contributed by atoms with Gasteiger partial charge in [-0.05, 0) is 18.2 Å². The average Bonchev–Trinajstić information content (AvgIpc) is 2.91. The second-order valence-electron chi connectivity index (χ2n) is 5.37. The quantitative estimate of drug-likeness (QED) is 0.608. The molecule has 1 atom stereocenters. The van der Waals surface area contributed by atoms with Crippen LogP contribution in [-0.2, 0) is 19.6 Å². The number of sulfonamides is 1. The largest absolute Gasteiger partial charge is 0.481 e. The maximum absolute atomic E-state index is 12.4. The van der Waals surface area contributed by atoms with E-state index in [0.29, 0.717) is 11.2 Å². The standard InChI is InChI=1S/C16H13NO7S/c18-15(19)8-12(16(20)21)17-25(22,23)9-5-6-11-10-3-1-2-4-13(10)24-14(11)7-9/h1-7,12,17H,8H2,(H,18,19)(H,20,21)/t12-/m0/s1. The number of hydrogen-bond donors (Lipinski definition) is 3. The molecule has 0 aliphatic rings. The summed E-state index contributed by atoms with van der Waals surface area (Å²) in [6.07, 6.45) is -0.874. The van der Waals surface area contributed by atoms with E-state index in [1.165, 1.54) is 12.1 Å². The molecule has 1 aromatic heterocycles. The number of furan rings is 1. The summed E-state index contributed by atoms with van der Waals surface area (Å²) >= 11 is 0. The van der Waals surface area contributed by atoms with Gasteiger partial charge in [0.1, 0.15) is 17.2 Å². The molecular weight excluding hydrogens is 350 g/mol. The smallest absolute Gasteiger partial charge is 0.322 e. The molecule has 0 saturated heterocycles. The van der Waals surface area contributed by atoms with Gasteiger partial charge in [0.05, 0.1) is 11.3 Å². The summed E-state index contributed by atoms with van der Waals surface area (Å²) in [6, 6.07) is 9.57. The number of carboxylic acid groups (broad SMARTS) is 2. The Bertz CT molecular complexity index is 1080. The van der Waals surface area contributed by atoms with Crippen LogP contribution >= 0.6 is 0 Å². The van der Waals surface area contributed by atoms with Crippen molar-refractivity contribution in [1.82, 2.24) is 4.72 Å². The first-order chi connectivity index (χ1) is 11.8. The van der Waals surface area contributed by atoms with Crippen LogP contribution in [-0.4, -0.2) is 36.6 Å². The maximum Gasteiger partial charge on any atom is 0.322 e. The molecule has 0 spiro atoms. The lowest BCUT2D eigenvalue weighted by molar-refractivity contribution is -0.145. The zero-order chi connectivity index (χ0) is 18.2. The van der Waals surface area contributed by atoms with E-state index >= 15 is 0 Å². The van der Waals surface area contributed by atoms with E-state index in [1.807, 2.05) is 16.9 Å². The van der Waals surface area contributed by atoms with E-state index in [0.717, 1.165) is 10.8 Å². The molecule has 0 radical (unpaired) electrons. The van der Waals surface area contributed by atoms with Crippen LogP contribution in [0.3, 0.4) is 0 Å². The molecule has 130 valence electrons. The van der Waals surface area contributed by atoms with Crippen molar-refractivity contribution in [3.63, 3.8) is 0 Å². The SMILES string of the molecule is O=C(O)C[C@H](NS(=O)(=O)c1ccc2c(c1)oc1ccccc12)C(=O)O. The predicted octanol–water partition coefficient (Wildman–Crippen LogP) is 1.79. The molecule has 1 heterocycles. The lowest BCUT2D eigenvalue weighted by Crippen LogP contribution is -2.42. The summed E-state index contributed by atoms with van der Waals surface area (Å²) in [4.78, 5) is 21.6. The second-order valence-corrected chi connectivity index (χ2v) is 7.08. The van der Waals surface area contributed by atoms with E-state index in [2.05, 4.69) is 0 Å². The minimum absolute atomic E-state index is 0.212. The Kier molecular flexibility index (Phi) is 4.19. The molecule has 0 aliphatic carbocycles. The number of nitrogens with one attached hydrogen (secondary N) is 1. The van der Waals surface area contributed by atoms with Gasteiger partial charge in [0.2, 0.25) is 10.0 Å². The van der Waals surface area contributed by atoms with Crippen LogP contribution in [0.15, 0.2) is 51.8 Å². The third-order valence-corrected chi connectivity index (χ3v) is 5.10. The molecule has 3 N–H and O–H groups in total. The fourth-order valence-electron chi connectivity index (χ4n) is 2.48. The van der Waals surface area contributed by atoms with Crippen molar-refractivity contribution in [3.8, 4) is 0 Å². The van der Waals surface area contributed by atoms with E-state index in [-0.39, 0.29) is 4.90 Å². The number of carbonyl (C=O) groups is 2. The van der Waals surface area contributed by atoms with Crippen molar-refractivity contribution < 1.29 is 32.6 Å². The Labute approximate surface area is 141 Å². The van der Waals surface area contributed by atoms with E-state index < -0.39 is 34.4 Å². The number of aliphatic carboxylic acids is 2. The number of benzene rings is 2. The van der Waals surface area contributed by atoms with Gasteiger partial charge in [-0.15, -0.1) is 0 Å². The first kappa shape index (κ1) is 16.9. The molecule has 0 bridgehead atoms. The molecule has 8 nitrogen and oxygen atoms in total. The third kappa shape index (κ3) is 3.32. The predicted molar refractivity (Wildman–Crippen MR) is 87.7 cm³/mol. The van der Waals surface area contributed by atoms with Crippen LogP contribution in [0.4, 0.5) is 0 Å². The lowest BCUT2D eigenvalue weighted by Gasteiger charge is -2.12. The highest BCUT2D eigenvalue weighted by Gasteiger charge is 2.28. The van der Waals surface area contributed by atoms with Crippen molar-refractivity contribution >= 4 is 43.9 Å². The third-order valence-electron chi connectivity index (χ3n) is 3.63. The molecule has 2 aromatic carbocycles. The molecule has 25 heavy (non-hydrogen) atoms. The Morgan fingerprint density at radius 2 is 1.72 bits per heavy atom. The zero-order valence-corrected chi connectivity index (χ0v) is 13.5. The van der Waals surface area contributed by atoms with Crippen LogP contribution in [0.2, 0.25) is 0 Å². The van der Waals surface area contributed by atoms with E-state index in [9.17, 15) is 18.0 Å². The van der Waals surface area contributed by atoms with Gasteiger partial charge in [-0.25, -0.2) is 8.42 Å². The van der Waals surface area contributed by atoms with Crippen molar-refractivity contribution in [2.75, 3.05) is 0 Å². The summed E-state index contributed by atoms with van der Waals surface area (Å²) in [7, 11) is -4.23. The topological polar surface area (TPSA) is 134 Å². The minimum atomic E-state index is -4.23. The summed E-state index contributed by atoms with van der Waals surface area (Å²) < 4.78 is 32.2. The second kappa shape index (κ2) is 6.19.